The molecule has 1 aromatic heterocycles. The molecule has 0 saturated carbocycles. The van der Waals surface area contributed by atoms with Crippen molar-refractivity contribution in [2.24, 2.45) is 0 Å². The number of amides is 2. The topological polar surface area (TPSA) is 55.9 Å². The quantitative estimate of drug-likeness (QED) is 0.781. The van der Waals surface area contributed by atoms with Crippen molar-refractivity contribution < 1.29 is 9.59 Å². The summed E-state index contributed by atoms with van der Waals surface area (Å²) in [6.07, 6.45) is 0. The van der Waals surface area contributed by atoms with E-state index in [2.05, 4.69) is 27.7 Å². The summed E-state index contributed by atoms with van der Waals surface area (Å²) in [5.74, 6) is 0.0825. The summed E-state index contributed by atoms with van der Waals surface area (Å²) in [7, 11) is 0. The number of likely N-dealkylation sites (N-methyl/N-ethyl adjacent to an activating group) is 1. The highest BCUT2D eigenvalue weighted by molar-refractivity contribution is 7.09. The van der Waals surface area contributed by atoms with Crippen molar-refractivity contribution in [1.82, 2.24) is 20.0 Å². The molecular formula is C19H32N4O2S. The Morgan fingerprint density at radius 3 is 2.42 bits per heavy atom. The average molecular weight is 381 g/mol. The summed E-state index contributed by atoms with van der Waals surface area (Å²) in [5, 5.41) is 5.05. The molecule has 1 aromatic rings. The molecule has 6 nitrogen and oxygen atoms in total. The second-order valence-electron chi connectivity index (χ2n) is 7.84. The van der Waals surface area contributed by atoms with E-state index < -0.39 is 0 Å². The third-order valence-corrected chi connectivity index (χ3v) is 5.23. The molecule has 7 heteroatoms. The summed E-state index contributed by atoms with van der Waals surface area (Å²) in [6, 6.07) is 4.23. The summed E-state index contributed by atoms with van der Waals surface area (Å²) < 4.78 is 0. The molecule has 1 N–H and O–H groups in total. The van der Waals surface area contributed by atoms with E-state index in [1.807, 2.05) is 37.5 Å². The van der Waals surface area contributed by atoms with Gasteiger partial charge in [0.05, 0.1) is 13.1 Å². The van der Waals surface area contributed by atoms with Crippen molar-refractivity contribution in [3.63, 3.8) is 0 Å². The largest absolute Gasteiger partial charge is 0.350 e. The Kier molecular flexibility index (Phi) is 7.61. The molecular weight excluding hydrogens is 348 g/mol. The molecule has 0 aliphatic carbocycles. The van der Waals surface area contributed by atoms with E-state index in [4.69, 9.17) is 0 Å². The lowest BCUT2D eigenvalue weighted by atomic mass is 10.1. The van der Waals surface area contributed by atoms with E-state index >= 15 is 0 Å². The maximum atomic E-state index is 12.6. The fourth-order valence-corrected chi connectivity index (χ4v) is 3.76. The number of carbonyl (C=O) groups excluding carboxylic acids is 2. The van der Waals surface area contributed by atoms with Crippen molar-refractivity contribution in [2.75, 3.05) is 45.8 Å². The number of piperazine rings is 1. The summed E-state index contributed by atoms with van der Waals surface area (Å²) in [4.78, 5) is 32.3. The predicted molar refractivity (Wildman–Crippen MR) is 106 cm³/mol. The minimum absolute atomic E-state index is 0.0343. The van der Waals surface area contributed by atoms with Crippen molar-refractivity contribution in [1.29, 1.82) is 0 Å². The minimum Gasteiger partial charge on any atom is -0.350 e. The zero-order valence-corrected chi connectivity index (χ0v) is 17.3. The smallest absolute Gasteiger partial charge is 0.236 e. The number of hydrogen-bond donors (Lipinski definition) is 1. The minimum atomic E-state index is -0.251. The van der Waals surface area contributed by atoms with Crippen LogP contribution in [0.4, 0.5) is 0 Å². The first-order valence-corrected chi connectivity index (χ1v) is 10.2. The fraction of sp³-hybridized carbons (Fsp3) is 0.684. The van der Waals surface area contributed by atoms with Gasteiger partial charge < -0.3 is 10.2 Å². The van der Waals surface area contributed by atoms with E-state index in [9.17, 15) is 9.59 Å². The van der Waals surface area contributed by atoms with Gasteiger partial charge in [-0.1, -0.05) is 13.0 Å². The predicted octanol–water partition coefficient (Wildman–Crippen LogP) is 1.63. The molecule has 146 valence electrons. The molecule has 1 fully saturated rings. The first kappa shape index (κ1) is 20.9. The average Bonchev–Trinajstić information content (AvgIpc) is 3.06. The van der Waals surface area contributed by atoms with Gasteiger partial charge in [0, 0.05) is 43.1 Å². The number of hydrogen-bond acceptors (Lipinski definition) is 5. The molecule has 0 atom stereocenters. The van der Waals surface area contributed by atoms with E-state index in [0.29, 0.717) is 13.1 Å². The van der Waals surface area contributed by atoms with Gasteiger partial charge in [0.1, 0.15) is 0 Å². The van der Waals surface area contributed by atoms with Gasteiger partial charge in [-0.25, -0.2) is 0 Å². The molecule has 1 aliphatic heterocycles. The molecule has 0 unspecified atom stereocenters. The maximum absolute atomic E-state index is 12.6. The SMILES string of the molecule is CCN(CC(=O)NC(C)(C)C)CC(=O)N1CCN(Cc2cccs2)CC1. The van der Waals surface area contributed by atoms with Crippen LogP contribution in [0.3, 0.4) is 0 Å². The van der Waals surface area contributed by atoms with Crippen molar-refractivity contribution in [2.45, 2.75) is 39.8 Å². The van der Waals surface area contributed by atoms with Crippen LogP contribution >= 0.6 is 11.3 Å². The molecule has 26 heavy (non-hydrogen) atoms. The van der Waals surface area contributed by atoms with Crippen LogP contribution in [0, 0.1) is 0 Å². The maximum Gasteiger partial charge on any atom is 0.236 e. The fourth-order valence-electron chi connectivity index (χ4n) is 3.01. The number of nitrogens with one attached hydrogen (secondary N) is 1. The van der Waals surface area contributed by atoms with Gasteiger partial charge in [0.15, 0.2) is 0 Å². The van der Waals surface area contributed by atoms with Gasteiger partial charge >= 0.3 is 0 Å². The second-order valence-corrected chi connectivity index (χ2v) is 8.87. The van der Waals surface area contributed by atoms with Crippen molar-refractivity contribution in [3.05, 3.63) is 22.4 Å². The molecule has 2 heterocycles. The van der Waals surface area contributed by atoms with E-state index in [-0.39, 0.29) is 23.9 Å². The molecule has 0 radical (unpaired) electrons. The normalized spacial score (nSPS) is 16.1. The Bertz CT molecular complexity index is 575. The van der Waals surface area contributed by atoms with E-state index in [1.165, 1.54) is 4.88 Å². The van der Waals surface area contributed by atoms with Gasteiger partial charge in [0.2, 0.25) is 11.8 Å². The highest BCUT2D eigenvalue weighted by Gasteiger charge is 2.24. The van der Waals surface area contributed by atoms with E-state index in [1.54, 1.807) is 11.3 Å². The molecule has 1 aliphatic rings. The molecule has 0 bridgehead atoms. The van der Waals surface area contributed by atoms with Crippen LogP contribution in [0.25, 0.3) is 0 Å². The monoisotopic (exact) mass is 380 g/mol. The zero-order chi connectivity index (χ0) is 19.2. The van der Waals surface area contributed by atoms with Crippen LogP contribution in [0.1, 0.15) is 32.6 Å². The number of carbonyl (C=O) groups is 2. The van der Waals surface area contributed by atoms with Crippen LogP contribution < -0.4 is 5.32 Å². The van der Waals surface area contributed by atoms with Crippen LogP contribution in [0.15, 0.2) is 17.5 Å². The Morgan fingerprint density at radius 2 is 1.88 bits per heavy atom. The van der Waals surface area contributed by atoms with Gasteiger partial charge in [-0.15, -0.1) is 11.3 Å². The van der Waals surface area contributed by atoms with Crippen LogP contribution in [-0.4, -0.2) is 77.9 Å². The van der Waals surface area contributed by atoms with Crippen molar-refractivity contribution in [3.8, 4) is 0 Å². The second kappa shape index (κ2) is 9.48. The van der Waals surface area contributed by atoms with Gasteiger partial charge in [-0.05, 0) is 38.8 Å². The molecule has 2 amide bonds. The van der Waals surface area contributed by atoms with Crippen LogP contribution in [0.2, 0.25) is 0 Å². The Labute approximate surface area is 161 Å². The van der Waals surface area contributed by atoms with Crippen LogP contribution in [0.5, 0.6) is 0 Å². The molecule has 1 saturated heterocycles. The standard InChI is InChI=1S/C19H32N4O2S/c1-5-21(14-17(24)20-19(2,3)4)15-18(25)23-10-8-22(9-11-23)13-16-7-6-12-26-16/h6-7,12H,5,8-11,13-15H2,1-4H3,(H,20,24). The first-order chi connectivity index (χ1) is 12.3. The lowest BCUT2D eigenvalue weighted by molar-refractivity contribution is -0.134. The summed E-state index contributed by atoms with van der Waals surface area (Å²) >= 11 is 1.78. The number of thiophene rings is 1. The Hall–Kier alpha value is -1.44. The Balaban J connectivity index is 1.75. The van der Waals surface area contributed by atoms with Crippen molar-refractivity contribution >= 4 is 23.2 Å². The van der Waals surface area contributed by atoms with E-state index in [0.717, 1.165) is 32.7 Å². The molecule has 0 aromatic carbocycles. The lowest BCUT2D eigenvalue weighted by Crippen LogP contribution is -2.52. The number of nitrogens with zero attached hydrogens (tertiary/aromatic N) is 3. The number of rotatable bonds is 7. The third kappa shape index (κ3) is 7.05. The first-order valence-electron chi connectivity index (χ1n) is 9.32. The molecule has 0 spiro atoms. The Morgan fingerprint density at radius 1 is 1.19 bits per heavy atom. The summed E-state index contributed by atoms with van der Waals surface area (Å²) in [5.41, 5.74) is -0.251. The highest BCUT2D eigenvalue weighted by Crippen LogP contribution is 2.13. The van der Waals surface area contributed by atoms with Gasteiger partial charge in [-0.2, -0.15) is 0 Å². The summed E-state index contributed by atoms with van der Waals surface area (Å²) in [6.45, 7) is 13.4. The van der Waals surface area contributed by atoms with Crippen LogP contribution in [-0.2, 0) is 16.1 Å². The lowest BCUT2D eigenvalue weighted by Gasteiger charge is -2.35. The highest BCUT2D eigenvalue weighted by atomic mass is 32.1. The zero-order valence-electron chi connectivity index (χ0n) is 16.5. The van der Waals surface area contributed by atoms with Gasteiger partial charge in [-0.3, -0.25) is 19.4 Å². The molecule has 2 rings (SSSR count). The van der Waals surface area contributed by atoms with Gasteiger partial charge in [0.25, 0.3) is 0 Å². The third-order valence-electron chi connectivity index (χ3n) is 4.37.